The Hall–Kier alpha value is -1.06. The molecule has 0 bridgehead atoms. The van der Waals surface area contributed by atoms with Gasteiger partial charge in [-0.1, -0.05) is 15.9 Å². The number of sulfone groups is 1. The van der Waals surface area contributed by atoms with E-state index in [1.807, 2.05) is 6.07 Å². The summed E-state index contributed by atoms with van der Waals surface area (Å²) in [6.07, 6.45) is 0.622. The molecule has 1 aliphatic heterocycles. The van der Waals surface area contributed by atoms with Crippen molar-refractivity contribution in [1.82, 2.24) is 0 Å². The molecule has 2 rings (SSSR count). The SMILES string of the molecule is N#Cc1cc(Br)cc(NC2CCS(=O)(=O)C2)c1. The Bertz CT molecular complexity index is 578. The lowest BCUT2D eigenvalue weighted by atomic mass is 10.2. The third-order valence-corrected chi connectivity index (χ3v) is 4.86. The topological polar surface area (TPSA) is 70.0 Å². The Morgan fingerprint density at radius 2 is 2.18 bits per heavy atom. The van der Waals surface area contributed by atoms with Crippen LogP contribution in [0.3, 0.4) is 0 Å². The first-order chi connectivity index (χ1) is 7.98. The number of nitrogens with zero attached hydrogens (tertiary/aromatic N) is 1. The minimum absolute atomic E-state index is 0.0548. The van der Waals surface area contributed by atoms with Gasteiger partial charge in [0.15, 0.2) is 9.84 Å². The molecule has 1 aliphatic rings. The number of benzene rings is 1. The standard InChI is InChI=1S/C11H11BrN2O2S/c12-9-3-8(6-13)4-11(5-9)14-10-1-2-17(15,16)7-10/h3-5,10,14H,1-2,7H2. The number of hydrogen-bond acceptors (Lipinski definition) is 4. The summed E-state index contributed by atoms with van der Waals surface area (Å²) in [5, 5.41) is 12.0. The Morgan fingerprint density at radius 1 is 1.41 bits per heavy atom. The molecule has 0 radical (unpaired) electrons. The summed E-state index contributed by atoms with van der Waals surface area (Å²) in [5.41, 5.74) is 1.32. The molecule has 1 fully saturated rings. The summed E-state index contributed by atoms with van der Waals surface area (Å²) >= 11 is 3.32. The Morgan fingerprint density at radius 3 is 2.76 bits per heavy atom. The maximum absolute atomic E-state index is 11.3. The van der Waals surface area contributed by atoms with Gasteiger partial charge in [-0.2, -0.15) is 5.26 Å². The molecule has 0 aliphatic carbocycles. The molecule has 90 valence electrons. The molecule has 1 unspecified atom stereocenters. The van der Waals surface area contributed by atoms with Crippen LogP contribution in [0.25, 0.3) is 0 Å². The van der Waals surface area contributed by atoms with Gasteiger partial charge >= 0.3 is 0 Å². The van der Waals surface area contributed by atoms with Crippen LogP contribution >= 0.6 is 15.9 Å². The van der Waals surface area contributed by atoms with Crippen molar-refractivity contribution in [3.63, 3.8) is 0 Å². The van der Waals surface area contributed by atoms with E-state index in [4.69, 9.17) is 5.26 Å². The highest BCUT2D eigenvalue weighted by atomic mass is 79.9. The number of hydrogen-bond donors (Lipinski definition) is 1. The lowest BCUT2D eigenvalue weighted by Gasteiger charge is -2.12. The number of nitrogens with one attached hydrogen (secondary N) is 1. The number of nitriles is 1. The average molecular weight is 315 g/mol. The second-order valence-electron chi connectivity index (χ2n) is 4.08. The third kappa shape index (κ3) is 3.20. The molecule has 0 saturated carbocycles. The fourth-order valence-corrected chi connectivity index (χ4v) is 4.05. The van der Waals surface area contributed by atoms with Crippen molar-refractivity contribution in [2.45, 2.75) is 12.5 Å². The summed E-state index contributed by atoms with van der Waals surface area (Å²) < 4.78 is 23.4. The first kappa shape index (κ1) is 12.4. The monoisotopic (exact) mass is 314 g/mol. The lowest BCUT2D eigenvalue weighted by molar-refractivity contribution is 0.602. The molecule has 1 atom stereocenters. The maximum atomic E-state index is 11.3. The van der Waals surface area contributed by atoms with E-state index in [-0.39, 0.29) is 17.5 Å². The smallest absolute Gasteiger partial charge is 0.152 e. The molecular formula is C11H11BrN2O2S. The van der Waals surface area contributed by atoms with Crippen molar-refractivity contribution in [2.24, 2.45) is 0 Å². The average Bonchev–Trinajstić information content (AvgIpc) is 2.57. The van der Waals surface area contributed by atoms with Crippen LogP contribution in [0.2, 0.25) is 0 Å². The summed E-state index contributed by atoms with van der Waals surface area (Å²) in [6.45, 7) is 0. The van der Waals surface area contributed by atoms with Gasteiger partial charge in [0, 0.05) is 16.2 Å². The molecule has 1 heterocycles. The largest absolute Gasteiger partial charge is 0.381 e. The summed E-state index contributed by atoms with van der Waals surface area (Å²) in [5.74, 6) is 0.408. The van der Waals surface area contributed by atoms with Gasteiger partial charge in [-0.25, -0.2) is 8.42 Å². The van der Waals surface area contributed by atoms with Crippen LogP contribution in [0.1, 0.15) is 12.0 Å². The molecule has 0 spiro atoms. The molecule has 6 heteroatoms. The Labute approximate surface area is 109 Å². The van der Waals surface area contributed by atoms with Crippen molar-refractivity contribution >= 4 is 31.5 Å². The zero-order chi connectivity index (χ0) is 12.5. The van der Waals surface area contributed by atoms with E-state index in [9.17, 15) is 8.42 Å². The summed E-state index contributed by atoms with van der Waals surface area (Å²) in [6, 6.07) is 7.28. The van der Waals surface area contributed by atoms with E-state index in [2.05, 4.69) is 27.3 Å². The third-order valence-electron chi connectivity index (χ3n) is 2.63. The highest BCUT2D eigenvalue weighted by molar-refractivity contribution is 9.10. The number of halogens is 1. The van der Waals surface area contributed by atoms with Crippen LogP contribution in [0.4, 0.5) is 5.69 Å². The Balaban J connectivity index is 2.15. The van der Waals surface area contributed by atoms with Gasteiger partial charge in [-0.05, 0) is 24.6 Å². The highest BCUT2D eigenvalue weighted by Crippen LogP contribution is 2.22. The predicted molar refractivity (Wildman–Crippen MR) is 69.5 cm³/mol. The number of rotatable bonds is 2. The van der Waals surface area contributed by atoms with Crippen molar-refractivity contribution < 1.29 is 8.42 Å². The summed E-state index contributed by atoms with van der Waals surface area (Å²) in [4.78, 5) is 0. The van der Waals surface area contributed by atoms with Crippen LogP contribution in [-0.2, 0) is 9.84 Å². The zero-order valence-corrected chi connectivity index (χ0v) is 11.4. The first-order valence-electron chi connectivity index (χ1n) is 5.16. The molecule has 1 saturated heterocycles. The van der Waals surface area contributed by atoms with Crippen molar-refractivity contribution in [3.8, 4) is 6.07 Å². The van der Waals surface area contributed by atoms with Crippen molar-refractivity contribution in [3.05, 3.63) is 28.2 Å². The molecule has 1 aromatic carbocycles. The van der Waals surface area contributed by atoms with Crippen molar-refractivity contribution in [2.75, 3.05) is 16.8 Å². The van der Waals surface area contributed by atoms with E-state index in [1.165, 1.54) is 0 Å². The van der Waals surface area contributed by atoms with Crippen LogP contribution in [0.5, 0.6) is 0 Å². The lowest BCUT2D eigenvalue weighted by Crippen LogP contribution is -2.20. The van der Waals surface area contributed by atoms with E-state index in [0.717, 1.165) is 10.2 Å². The van der Waals surface area contributed by atoms with Crippen LogP contribution in [0, 0.1) is 11.3 Å². The quantitative estimate of drug-likeness (QED) is 0.905. The van der Waals surface area contributed by atoms with Crippen LogP contribution < -0.4 is 5.32 Å². The summed E-state index contributed by atoms with van der Waals surface area (Å²) in [7, 11) is -2.88. The highest BCUT2D eigenvalue weighted by Gasteiger charge is 2.27. The molecule has 4 nitrogen and oxygen atoms in total. The van der Waals surface area contributed by atoms with Gasteiger partial charge in [-0.15, -0.1) is 0 Å². The normalized spacial score (nSPS) is 22.0. The van der Waals surface area contributed by atoms with Crippen molar-refractivity contribution in [1.29, 1.82) is 5.26 Å². The first-order valence-corrected chi connectivity index (χ1v) is 7.77. The van der Waals surface area contributed by atoms with Gasteiger partial charge in [-0.3, -0.25) is 0 Å². The second-order valence-corrected chi connectivity index (χ2v) is 7.23. The van der Waals surface area contributed by atoms with Crippen LogP contribution in [-0.4, -0.2) is 26.0 Å². The molecule has 1 N–H and O–H groups in total. The molecule has 0 aromatic heterocycles. The van der Waals surface area contributed by atoms with Crippen LogP contribution in [0.15, 0.2) is 22.7 Å². The minimum Gasteiger partial charge on any atom is -0.381 e. The minimum atomic E-state index is -2.88. The second kappa shape index (κ2) is 4.67. The van der Waals surface area contributed by atoms with Gasteiger partial charge < -0.3 is 5.32 Å². The van der Waals surface area contributed by atoms with Gasteiger partial charge in [0.1, 0.15) is 0 Å². The fraction of sp³-hybridized carbons (Fsp3) is 0.364. The van der Waals surface area contributed by atoms with Gasteiger partial charge in [0.05, 0.1) is 23.1 Å². The van der Waals surface area contributed by atoms with E-state index in [0.29, 0.717) is 12.0 Å². The molecular weight excluding hydrogens is 304 g/mol. The van der Waals surface area contributed by atoms with E-state index < -0.39 is 9.84 Å². The number of anilines is 1. The Kier molecular flexibility index (Phi) is 3.40. The molecule has 17 heavy (non-hydrogen) atoms. The molecule has 0 amide bonds. The van der Waals surface area contributed by atoms with Gasteiger partial charge in [0.25, 0.3) is 0 Å². The maximum Gasteiger partial charge on any atom is 0.152 e. The fourth-order valence-electron chi connectivity index (χ4n) is 1.88. The molecule has 1 aromatic rings. The predicted octanol–water partition coefficient (Wildman–Crippen LogP) is 1.92. The van der Waals surface area contributed by atoms with Gasteiger partial charge in [0.2, 0.25) is 0 Å². The van der Waals surface area contributed by atoms with E-state index >= 15 is 0 Å². The van der Waals surface area contributed by atoms with E-state index in [1.54, 1.807) is 12.1 Å². The zero-order valence-electron chi connectivity index (χ0n) is 8.98.